The Morgan fingerprint density at radius 3 is 2.78 bits per heavy atom. The molecule has 0 radical (unpaired) electrons. The Morgan fingerprint density at radius 1 is 1.30 bits per heavy atom. The van der Waals surface area contributed by atoms with Crippen LogP contribution >= 0.6 is 23.1 Å². The predicted octanol–water partition coefficient (Wildman–Crippen LogP) is 4.29. The molecule has 2 aromatic heterocycles. The molecule has 3 rings (SSSR count). The van der Waals surface area contributed by atoms with Gasteiger partial charge in [0.25, 0.3) is 0 Å². The summed E-state index contributed by atoms with van der Waals surface area (Å²) in [5.74, 6) is 1.62. The minimum atomic E-state index is -0.112. The maximum absolute atomic E-state index is 12.3. The van der Waals surface area contributed by atoms with E-state index in [4.69, 9.17) is 4.74 Å². The van der Waals surface area contributed by atoms with Gasteiger partial charge in [-0.25, -0.2) is 0 Å². The molecule has 1 amide bonds. The Labute approximate surface area is 167 Å². The molecule has 0 aliphatic heterocycles. The number of para-hydroxylation sites is 2. The Balaban J connectivity index is 1.66. The molecule has 0 saturated carbocycles. The van der Waals surface area contributed by atoms with E-state index in [0.717, 1.165) is 11.4 Å². The molecule has 0 bridgehead atoms. The van der Waals surface area contributed by atoms with Crippen molar-refractivity contribution in [2.45, 2.75) is 25.9 Å². The summed E-state index contributed by atoms with van der Waals surface area (Å²) in [7, 11) is 1.92. The number of thioether (sulfide) groups is 1. The van der Waals surface area contributed by atoms with Crippen molar-refractivity contribution in [3.8, 4) is 17.1 Å². The van der Waals surface area contributed by atoms with Crippen molar-refractivity contribution in [3.05, 3.63) is 40.1 Å². The fourth-order valence-corrected chi connectivity index (χ4v) is 4.15. The third-order valence-electron chi connectivity index (χ3n) is 4.15. The highest BCUT2D eigenvalue weighted by molar-refractivity contribution is 7.99. The molecular weight excluding hydrogens is 380 g/mol. The number of nitrogens with one attached hydrogen (secondary N) is 1. The van der Waals surface area contributed by atoms with E-state index in [9.17, 15) is 4.79 Å². The van der Waals surface area contributed by atoms with Gasteiger partial charge in [-0.15, -0.1) is 21.5 Å². The third kappa shape index (κ3) is 4.33. The number of ether oxygens (including phenoxy) is 1. The Bertz CT molecular complexity index is 949. The van der Waals surface area contributed by atoms with Gasteiger partial charge < -0.3 is 14.6 Å². The fourth-order valence-electron chi connectivity index (χ4n) is 2.58. The lowest BCUT2D eigenvalue weighted by Crippen LogP contribution is -2.15. The lowest BCUT2D eigenvalue weighted by molar-refractivity contribution is -0.113. The first-order valence-electron chi connectivity index (χ1n) is 8.60. The molecule has 2 heterocycles. The molecule has 27 heavy (non-hydrogen) atoms. The van der Waals surface area contributed by atoms with Crippen LogP contribution in [0.25, 0.3) is 11.4 Å². The summed E-state index contributed by atoms with van der Waals surface area (Å²) in [6.45, 7) is 6.65. The summed E-state index contributed by atoms with van der Waals surface area (Å²) in [6.07, 6.45) is 0. The van der Waals surface area contributed by atoms with E-state index < -0.39 is 0 Å². The van der Waals surface area contributed by atoms with Crippen molar-refractivity contribution >= 4 is 34.7 Å². The van der Waals surface area contributed by atoms with Gasteiger partial charge in [-0.3, -0.25) is 4.79 Å². The zero-order valence-corrected chi connectivity index (χ0v) is 17.4. The minimum Gasteiger partial charge on any atom is -0.492 e. The number of carbonyl (C=O) groups is 1. The van der Waals surface area contributed by atoms with Gasteiger partial charge in [-0.05, 0) is 38.5 Å². The van der Waals surface area contributed by atoms with Crippen LogP contribution in [0.2, 0.25) is 0 Å². The van der Waals surface area contributed by atoms with Crippen LogP contribution in [-0.4, -0.2) is 33.0 Å². The number of aromatic nitrogens is 3. The highest BCUT2D eigenvalue weighted by Crippen LogP contribution is 2.31. The van der Waals surface area contributed by atoms with Crippen LogP contribution < -0.4 is 10.1 Å². The molecule has 142 valence electrons. The zero-order chi connectivity index (χ0) is 19.4. The van der Waals surface area contributed by atoms with Crippen LogP contribution in [0.5, 0.6) is 5.75 Å². The highest BCUT2D eigenvalue weighted by Gasteiger charge is 2.16. The van der Waals surface area contributed by atoms with Crippen molar-refractivity contribution < 1.29 is 9.53 Å². The van der Waals surface area contributed by atoms with E-state index in [1.807, 2.05) is 42.8 Å². The van der Waals surface area contributed by atoms with Crippen LogP contribution in [0.4, 0.5) is 5.69 Å². The number of nitrogens with zero attached hydrogens (tertiary/aromatic N) is 3. The second-order valence-electron chi connectivity index (χ2n) is 5.96. The molecule has 1 N–H and O–H groups in total. The second kappa shape index (κ2) is 8.58. The summed E-state index contributed by atoms with van der Waals surface area (Å²) in [4.78, 5) is 13.6. The number of hydrogen-bond acceptors (Lipinski definition) is 6. The van der Waals surface area contributed by atoms with Gasteiger partial charge in [-0.2, -0.15) is 0 Å². The SMILES string of the molecule is CCOc1ccccc1NC(=O)CSc1nnc(-c2csc(C)c2C)n1C. The van der Waals surface area contributed by atoms with E-state index in [1.54, 1.807) is 11.3 Å². The summed E-state index contributed by atoms with van der Waals surface area (Å²) < 4.78 is 7.47. The van der Waals surface area contributed by atoms with Crippen LogP contribution in [0.15, 0.2) is 34.8 Å². The van der Waals surface area contributed by atoms with Crippen LogP contribution in [0, 0.1) is 13.8 Å². The third-order valence-corrected chi connectivity index (χ3v) is 6.19. The normalized spacial score (nSPS) is 10.8. The Morgan fingerprint density at radius 2 is 2.07 bits per heavy atom. The maximum atomic E-state index is 12.3. The molecule has 1 aromatic carbocycles. The van der Waals surface area contributed by atoms with E-state index in [0.29, 0.717) is 23.2 Å². The van der Waals surface area contributed by atoms with Gasteiger partial charge in [-0.1, -0.05) is 23.9 Å². The van der Waals surface area contributed by atoms with Gasteiger partial charge in [0, 0.05) is 22.9 Å². The first-order valence-corrected chi connectivity index (χ1v) is 10.5. The Hall–Kier alpha value is -2.32. The standard InChI is InChI=1S/C19H22N4O2S2/c1-5-25-16-9-7-6-8-15(16)20-17(24)11-27-19-22-21-18(23(19)4)14-10-26-13(3)12(14)2/h6-10H,5,11H2,1-4H3,(H,20,24). The largest absolute Gasteiger partial charge is 0.492 e. The first-order chi connectivity index (χ1) is 13.0. The Kier molecular flexibility index (Phi) is 6.18. The molecule has 0 spiro atoms. The van der Waals surface area contributed by atoms with E-state index in [-0.39, 0.29) is 11.7 Å². The van der Waals surface area contributed by atoms with Crippen LogP contribution in [-0.2, 0) is 11.8 Å². The quantitative estimate of drug-likeness (QED) is 0.597. The average molecular weight is 403 g/mol. The predicted molar refractivity (Wildman–Crippen MR) is 111 cm³/mol. The minimum absolute atomic E-state index is 0.112. The fraction of sp³-hybridized carbons (Fsp3) is 0.316. The number of hydrogen-bond donors (Lipinski definition) is 1. The number of carbonyl (C=O) groups excluding carboxylic acids is 1. The summed E-state index contributed by atoms with van der Waals surface area (Å²) in [5, 5.41) is 14.3. The molecule has 0 fully saturated rings. The molecule has 0 unspecified atom stereocenters. The van der Waals surface area contributed by atoms with Crippen LogP contribution in [0.3, 0.4) is 0 Å². The van der Waals surface area contributed by atoms with E-state index in [1.165, 1.54) is 22.2 Å². The number of thiophene rings is 1. The van der Waals surface area contributed by atoms with Crippen molar-refractivity contribution in [1.29, 1.82) is 0 Å². The number of amides is 1. The van der Waals surface area contributed by atoms with Crippen molar-refractivity contribution in [3.63, 3.8) is 0 Å². The zero-order valence-electron chi connectivity index (χ0n) is 15.8. The van der Waals surface area contributed by atoms with Gasteiger partial charge in [0.15, 0.2) is 11.0 Å². The van der Waals surface area contributed by atoms with Gasteiger partial charge in [0.2, 0.25) is 5.91 Å². The van der Waals surface area contributed by atoms with Crippen LogP contribution in [0.1, 0.15) is 17.4 Å². The maximum Gasteiger partial charge on any atom is 0.234 e. The van der Waals surface area contributed by atoms with Crippen molar-refractivity contribution in [2.24, 2.45) is 7.05 Å². The number of rotatable bonds is 7. The first kappa shape index (κ1) is 19.4. The van der Waals surface area contributed by atoms with Gasteiger partial charge >= 0.3 is 0 Å². The average Bonchev–Trinajstić information content (AvgIpc) is 3.18. The number of anilines is 1. The molecule has 0 saturated heterocycles. The second-order valence-corrected chi connectivity index (χ2v) is 7.99. The molecule has 3 aromatic rings. The van der Waals surface area contributed by atoms with E-state index in [2.05, 4.69) is 34.7 Å². The summed E-state index contributed by atoms with van der Waals surface area (Å²) in [6, 6.07) is 7.41. The molecule has 0 aliphatic carbocycles. The van der Waals surface area contributed by atoms with Crippen molar-refractivity contribution in [2.75, 3.05) is 17.7 Å². The van der Waals surface area contributed by atoms with Crippen molar-refractivity contribution in [1.82, 2.24) is 14.8 Å². The lowest BCUT2D eigenvalue weighted by Gasteiger charge is -2.11. The number of benzene rings is 1. The highest BCUT2D eigenvalue weighted by atomic mass is 32.2. The van der Waals surface area contributed by atoms with E-state index >= 15 is 0 Å². The smallest absolute Gasteiger partial charge is 0.234 e. The lowest BCUT2D eigenvalue weighted by atomic mass is 10.2. The molecule has 0 atom stereocenters. The topological polar surface area (TPSA) is 69.0 Å². The molecular formula is C19H22N4O2S2. The molecule has 0 aliphatic rings. The monoisotopic (exact) mass is 402 g/mol. The van der Waals surface area contributed by atoms with Gasteiger partial charge in [0.05, 0.1) is 18.0 Å². The molecule has 8 heteroatoms. The summed E-state index contributed by atoms with van der Waals surface area (Å²) in [5.41, 5.74) is 2.99. The van der Waals surface area contributed by atoms with Gasteiger partial charge in [0.1, 0.15) is 5.75 Å². The summed E-state index contributed by atoms with van der Waals surface area (Å²) >= 11 is 3.07. The molecule has 6 nitrogen and oxygen atoms in total. The number of aryl methyl sites for hydroxylation is 1.